The Morgan fingerprint density at radius 3 is 2.52 bits per heavy atom. The first-order chi connectivity index (χ1) is 9.70. The Morgan fingerprint density at radius 2 is 2.00 bits per heavy atom. The lowest BCUT2D eigenvalue weighted by molar-refractivity contribution is 0.0690. The maximum atomic E-state index is 13.6. The normalized spacial score (nSPS) is 11.4. The van der Waals surface area contributed by atoms with Crippen LogP contribution in [0.15, 0.2) is 27.6 Å². The van der Waals surface area contributed by atoms with E-state index in [0.717, 1.165) is 12.1 Å². The molecule has 1 aromatic heterocycles. The Morgan fingerprint density at radius 1 is 1.33 bits per heavy atom. The number of nitrogens with one attached hydrogen (secondary N) is 2. The molecule has 0 aliphatic rings. The molecule has 7 nitrogen and oxygen atoms in total. The van der Waals surface area contributed by atoms with Gasteiger partial charge in [0.05, 0.1) is 0 Å². The lowest BCUT2D eigenvalue weighted by Crippen LogP contribution is -2.16. The summed E-state index contributed by atoms with van der Waals surface area (Å²) in [6, 6.07) is 2.10. The molecule has 3 N–H and O–H groups in total. The summed E-state index contributed by atoms with van der Waals surface area (Å²) in [5.74, 6) is -3.94. The SMILES string of the molecule is O=C(O)c1cc(NS(=O)(=O)c2c(F)cc(F)cc2Br)n[nH]1. The molecule has 11 heteroatoms. The number of sulfonamides is 1. The summed E-state index contributed by atoms with van der Waals surface area (Å²) in [7, 11) is -4.42. The number of aromatic carboxylic acids is 1. The summed E-state index contributed by atoms with van der Waals surface area (Å²) in [4.78, 5) is 9.82. The molecule has 0 bridgehead atoms. The molecular weight excluding hydrogens is 376 g/mol. The highest BCUT2D eigenvalue weighted by molar-refractivity contribution is 9.10. The Balaban J connectivity index is 2.41. The van der Waals surface area contributed by atoms with Gasteiger partial charge < -0.3 is 5.11 Å². The van der Waals surface area contributed by atoms with Crippen LogP contribution in [0.4, 0.5) is 14.6 Å². The number of carboxylic acid groups (broad SMARTS) is 1. The molecule has 0 radical (unpaired) electrons. The van der Waals surface area contributed by atoms with Crippen LogP contribution in [0.2, 0.25) is 0 Å². The minimum Gasteiger partial charge on any atom is -0.477 e. The van der Waals surface area contributed by atoms with Crippen LogP contribution in [0.25, 0.3) is 0 Å². The number of carbonyl (C=O) groups is 1. The van der Waals surface area contributed by atoms with Crippen molar-refractivity contribution in [3.63, 3.8) is 0 Å². The second-order valence-corrected chi connectivity index (χ2v) is 6.25. The summed E-state index contributed by atoms with van der Waals surface area (Å²) < 4.78 is 52.2. The molecule has 0 saturated carbocycles. The molecule has 0 aliphatic carbocycles. The fraction of sp³-hybridized carbons (Fsp3) is 0. The second-order valence-electron chi connectivity index (χ2n) is 3.78. The molecule has 0 amide bonds. The van der Waals surface area contributed by atoms with Gasteiger partial charge in [-0.05, 0) is 22.0 Å². The molecule has 0 aliphatic heterocycles. The number of anilines is 1. The van der Waals surface area contributed by atoms with E-state index in [2.05, 4.69) is 26.1 Å². The summed E-state index contributed by atoms with van der Waals surface area (Å²) in [5, 5.41) is 14.2. The number of hydrogen-bond acceptors (Lipinski definition) is 4. The summed E-state index contributed by atoms with van der Waals surface area (Å²) in [6.07, 6.45) is 0. The highest BCUT2D eigenvalue weighted by Crippen LogP contribution is 2.27. The van der Waals surface area contributed by atoms with Gasteiger partial charge in [0.1, 0.15) is 22.2 Å². The number of rotatable bonds is 4. The average Bonchev–Trinajstić information content (AvgIpc) is 2.74. The lowest BCUT2D eigenvalue weighted by atomic mass is 10.3. The van der Waals surface area contributed by atoms with Crippen LogP contribution in [-0.4, -0.2) is 29.7 Å². The first kappa shape index (κ1) is 15.4. The zero-order chi connectivity index (χ0) is 15.8. The van der Waals surface area contributed by atoms with Crippen molar-refractivity contribution in [1.29, 1.82) is 0 Å². The second kappa shape index (κ2) is 5.41. The van der Waals surface area contributed by atoms with E-state index < -0.39 is 32.5 Å². The van der Waals surface area contributed by atoms with E-state index in [0.29, 0.717) is 6.07 Å². The summed E-state index contributed by atoms with van der Waals surface area (Å²) in [5.41, 5.74) is -0.355. The highest BCUT2D eigenvalue weighted by Gasteiger charge is 2.25. The standard InChI is InChI=1S/C10H6BrF2N3O4S/c11-5-1-4(12)2-6(13)9(5)21(19,20)16-8-3-7(10(17)18)14-15-8/h1-3H,(H,17,18)(H2,14,15,16). The van der Waals surface area contributed by atoms with Crippen LogP contribution in [0.5, 0.6) is 0 Å². The molecule has 112 valence electrons. The number of hydrogen-bond donors (Lipinski definition) is 3. The molecule has 0 saturated heterocycles. The van der Waals surface area contributed by atoms with Gasteiger partial charge in [-0.25, -0.2) is 22.0 Å². The number of H-pyrrole nitrogens is 1. The van der Waals surface area contributed by atoms with Crippen molar-refractivity contribution in [2.24, 2.45) is 0 Å². The topological polar surface area (TPSA) is 112 Å². The molecule has 0 unspecified atom stereocenters. The smallest absolute Gasteiger partial charge is 0.353 e. The minimum atomic E-state index is -4.42. The number of benzene rings is 1. The Kier molecular flexibility index (Phi) is 3.96. The van der Waals surface area contributed by atoms with Crippen molar-refractivity contribution in [3.05, 3.63) is 40.0 Å². The van der Waals surface area contributed by atoms with Gasteiger partial charge in [0.15, 0.2) is 5.82 Å². The average molecular weight is 382 g/mol. The van der Waals surface area contributed by atoms with E-state index >= 15 is 0 Å². The molecule has 1 heterocycles. The minimum absolute atomic E-state index is 0.318. The van der Waals surface area contributed by atoms with Gasteiger partial charge in [-0.1, -0.05) is 0 Å². The number of carboxylic acids is 1. The van der Waals surface area contributed by atoms with E-state index in [-0.39, 0.29) is 16.0 Å². The van der Waals surface area contributed by atoms with Gasteiger partial charge in [0, 0.05) is 16.6 Å². The predicted molar refractivity (Wildman–Crippen MR) is 70.4 cm³/mol. The molecule has 0 spiro atoms. The van der Waals surface area contributed by atoms with Crippen molar-refractivity contribution >= 4 is 37.7 Å². The van der Waals surface area contributed by atoms with Crippen molar-refractivity contribution in [3.8, 4) is 0 Å². The zero-order valence-electron chi connectivity index (χ0n) is 9.89. The van der Waals surface area contributed by atoms with Gasteiger partial charge in [0.25, 0.3) is 10.0 Å². The summed E-state index contributed by atoms with van der Waals surface area (Å²) in [6.45, 7) is 0. The van der Waals surface area contributed by atoms with Crippen molar-refractivity contribution in [2.45, 2.75) is 4.90 Å². The molecular formula is C10H6BrF2N3O4S. The maximum Gasteiger partial charge on any atom is 0.353 e. The van der Waals surface area contributed by atoms with E-state index in [1.807, 2.05) is 4.72 Å². The molecule has 0 fully saturated rings. The van der Waals surface area contributed by atoms with E-state index in [9.17, 15) is 22.0 Å². The van der Waals surface area contributed by atoms with Gasteiger partial charge in [0.2, 0.25) is 0 Å². The predicted octanol–water partition coefficient (Wildman–Crippen LogP) is 1.95. The molecule has 0 atom stereocenters. The van der Waals surface area contributed by atoms with Crippen LogP contribution in [-0.2, 0) is 10.0 Å². The van der Waals surface area contributed by atoms with Gasteiger partial charge in [-0.3, -0.25) is 9.82 Å². The molecule has 2 rings (SSSR count). The van der Waals surface area contributed by atoms with Crippen LogP contribution in [0.3, 0.4) is 0 Å². The van der Waals surface area contributed by atoms with Gasteiger partial charge in [-0.2, -0.15) is 5.10 Å². The fourth-order valence-corrected chi connectivity index (χ4v) is 3.62. The first-order valence-electron chi connectivity index (χ1n) is 5.17. The molecule has 21 heavy (non-hydrogen) atoms. The van der Waals surface area contributed by atoms with Gasteiger partial charge >= 0.3 is 5.97 Å². The Labute approximate surface area is 125 Å². The number of aromatic nitrogens is 2. The summed E-state index contributed by atoms with van der Waals surface area (Å²) >= 11 is 2.75. The highest BCUT2D eigenvalue weighted by atomic mass is 79.9. The largest absolute Gasteiger partial charge is 0.477 e. The molecule has 1 aromatic carbocycles. The van der Waals surface area contributed by atoms with Crippen LogP contribution < -0.4 is 4.72 Å². The third-order valence-electron chi connectivity index (χ3n) is 2.28. The van der Waals surface area contributed by atoms with Crippen LogP contribution >= 0.6 is 15.9 Å². The van der Waals surface area contributed by atoms with E-state index in [1.165, 1.54) is 0 Å². The van der Waals surface area contributed by atoms with Crippen molar-refractivity contribution < 1.29 is 27.1 Å². The van der Waals surface area contributed by atoms with Crippen LogP contribution in [0, 0.1) is 11.6 Å². The zero-order valence-corrected chi connectivity index (χ0v) is 12.3. The number of halogens is 3. The van der Waals surface area contributed by atoms with Crippen LogP contribution in [0.1, 0.15) is 10.5 Å². The fourth-order valence-electron chi connectivity index (χ4n) is 1.46. The Bertz CT molecular complexity index is 798. The van der Waals surface area contributed by atoms with E-state index in [1.54, 1.807) is 0 Å². The van der Waals surface area contributed by atoms with Gasteiger partial charge in [-0.15, -0.1) is 0 Å². The Hall–Kier alpha value is -2.01. The number of nitrogens with zero attached hydrogens (tertiary/aromatic N) is 1. The van der Waals surface area contributed by atoms with Crippen molar-refractivity contribution in [2.75, 3.05) is 4.72 Å². The third kappa shape index (κ3) is 3.19. The lowest BCUT2D eigenvalue weighted by Gasteiger charge is -2.08. The quantitative estimate of drug-likeness (QED) is 0.749. The van der Waals surface area contributed by atoms with E-state index in [4.69, 9.17) is 5.11 Å². The molecule has 2 aromatic rings. The monoisotopic (exact) mass is 381 g/mol. The maximum absolute atomic E-state index is 13.6. The number of aromatic amines is 1. The third-order valence-corrected chi connectivity index (χ3v) is 4.60. The first-order valence-corrected chi connectivity index (χ1v) is 7.44. The van der Waals surface area contributed by atoms with Crippen molar-refractivity contribution in [1.82, 2.24) is 10.2 Å².